The zero-order chi connectivity index (χ0) is 19.6. The first-order chi connectivity index (χ1) is 12.9. The molecule has 0 unspecified atom stereocenters. The summed E-state index contributed by atoms with van der Waals surface area (Å²) in [5.74, 6) is -1.01. The van der Waals surface area contributed by atoms with Gasteiger partial charge in [0.25, 0.3) is 5.56 Å². The van der Waals surface area contributed by atoms with E-state index in [1.165, 1.54) is 4.57 Å². The van der Waals surface area contributed by atoms with Crippen LogP contribution in [0.1, 0.15) is 34.1 Å². The Morgan fingerprint density at radius 1 is 1.07 bits per heavy atom. The minimum absolute atomic E-state index is 0.207. The average Bonchev–Trinajstić information content (AvgIpc) is 2.66. The van der Waals surface area contributed by atoms with Crippen molar-refractivity contribution in [1.29, 1.82) is 0 Å². The van der Waals surface area contributed by atoms with Crippen LogP contribution in [-0.4, -0.2) is 27.9 Å². The Balaban J connectivity index is 2.25. The van der Waals surface area contributed by atoms with Crippen molar-refractivity contribution in [2.24, 2.45) is 0 Å². The van der Waals surface area contributed by atoms with Crippen molar-refractivity contribution in [3.05, 3.63) is 75.2 Å². The maximum absolute atomic E-state index is 13.0. The SMILES string of the molecule is CCOC(=O)Cn1c(=O)c(C(=O)c2ccccc2)nc2cc(C)c(C)cc21. The summed E-state index contributed by atoms with van der Waals surface area (Å²) in [6.45, 7) is 5.48. The van der Waals surface area contributed by atoms with Crippen LogP contribution in [-0.2, 0) is 16.1 Å². The zero-order valence-corrected chi connectivity index (χ0v) is 15.5. The monoisotopic (exact) mass is 364 g/mol. The molecule has 0 N–H and O–H groups in total. The minimum atomic E-state index is -0.604. The molecule has 0 atom stereocenters. The molecule has 1 heterocycles. The van der Waals surface area contributed by atoms with Gasteiger partial charge < -0.3 is 4.74 Å². The van der Waals surface area contributed by atoms with Gasteiger partial charge >= 0.3 is 5.97 Å². The number of hydrogen-bond acceptors (Lipinski definition) is 5. The highest BCUT2D eigenvalue weighted by Crippen LogP contribution is 2.18. The van der Waals surface area contributed by atoms with Crippen molar-refractivity contribution in [2.75, 3.05) is 6.61 Å². The normalized spacial score (nSPS) is 10.8. The molecule has 0 saturated carbocycles. The first-order valence-corrected chi connectivity index (χ1v) is 8.69. The molecule has 2 aromatic carbocycles. The Morgan fingerprint density at radius 3 is 2.41 bits per heavy atom. The lowest BCUT2D eigenvalue weighted by Gasteiger charge is -2.13. The van der Waals surface area contributed by atoms with Crippen molar-refractivity contribution >= 4 is 22.8 Å². The molecule has 1 aromatic heterocycles. The van der Waals surface area contributed by atoms with Crippen LogP contribution in [0.15, 0.2) is 47.3 Å². The minimum Gasteiger partial charge on any atom is -0.465 e. The number of hydrogen-bond donors (Lipinski definition) is 0. The molecule has 0 spiro atoms. The standard InChI is InChI=1S/C21H20N2O4/c1-4-27-18(24)12-23-17-11-14(3)13(2)10-16(17)22-19(21(23)26)20(25)15-8-6-5-7-9-15/h5-11H,4,12H2,1-3H3. The van der Waals surface area contributed by atoms with Gasteiger partial charge in [-0.1, -0.05) is 30.3 Å². The lowest BCUT2D eigenvalue weighted by Crippen LogP contribution is -2.31. The lowest BCUT2D eigenvalue weighted by atomic mass is 10.1. The number of carbonyl (C=O) groups is 2. The molecule has 0 aliphatic rings. The number of nitrogens with zero attached hydrogens (tertiary/aromatic N) is 2. The van der Waals surface area contributed by atoms with Gasteiger partial charge in [0, 0.05) is 5.56 Å². The number of ketones is 1. The molecular weight excluding hydrogens is 344 g/mol. The predicted molar refractivity (Wildman–Crippen MR) is 102 cm³/mol. The Bertz CT molecular complexity index is 1080. The van der Waals surface area contributed by atoms with E-state index in [4.69, 9.17) is 4.74 Å². The summed E-state index contributed by atoms with van der Waals surface area (Å²) < 4.78 is 6.25. The Hall–Kier alpha value is -3.28. The summed E-state index contributed by atoms with van der Waals surface area (Å²) in [6.07, 6.45) is 0. The van der Waals surface area contributed by atoms with Crippen LogP contribution in [0.4, 0.5) is 0 Å². The van der Waals surface area contributed by atoms with Gasteiger partial charge in [0.2, 0.25) is 5.78 Å². The number of aryl methyl sites for hydroxylation is 2. The second kappa shape index (κ2) is 7.53. The van der Waals surface area contributed by atoms with Crippen molar-refractivity contribution < 1.29 is 14.3 Å². The third-order valence-corrected chi connectivity index (χ3v) is 4.41. The number of fused-ring (bicyclic) bond motifs is 1. The Morgan fingerprint density at radius 2 is 1.74 bits per heavy atom. The molecule has 0 aliphatic heterocycles. The molecule has 0 bridgehead atoms. The second-order valence-corrected chi connectivity index (χ2v) is 6.28. The van der Waals surface area contributed by atoms with Crippen LogP contribution < -0.4 is 5.56 Å². The van der Waals surface area contributed by atoms with Gasteiger partial charge in [-0.3, -0.25) is 19.0 Å². The van der Waals surface area contributed by atoms with E-state index in [2.05, 4.69) is 4.98 Å². The summed E-state index contributed by atoms with van der Waals surface area (Å²) in [4.78, 5) is 42.2. The number of benzene rings is 2. The van der Waals surface area contributed by atoms with Crippen molar-refractivity contribution in [2.45, 2.75) is 27.3 Å². The fraction of sp³-hybridized carbons (Fsp3) is 0.238. The quantitative estimate of drug-likeness (QED) is 0.514. The highest BCUT2D eigenvalue weighted by molar-refractivity contribution is 6.08. The number of rotatable bonds is 5. The molecule has 3 rings (SSSR count). The third-order valence-electron chi connectivity index (χ3n) is 4.41. The Kier molecular flexibility index (Phi) is 5.16. The highest BCUT2D eigenvalue weighted by atomic mass is 16.5. The van der Waals surface area contributed by atoms with Crippen LogP contribution in [0, 0.1) is 13.8 Å². The predicted octanol–water partition coefficient (Wildman–Crippen LogP) is 2.81. The van der Waals surface area contributed by atoms with Gasteiger partial charge in [-0.25, -0.2) is 4.98 Å². The van der Waals surface area contributed by atoms with Crippen molar-refractivity contribution in [3.63, 3.8) is 0 Å². The summed E-state index contributed by atoms with van der Waals surface area (Å²) in [5, 5.41) is 0. The van der Waals surface area contributed by atoms with E-state index in [1.807, 2.05) is 19.9 Å². The number of aromatic nitrogens is 2. The number of esters is 1. The molecule has 0 fully saturated rings. The van der Waals surface area contributed by atoms with E-state index in [0.717, 1.165) is 11.1 Å². The Labute approximate surface area is 156 Å². The average molecular weight is 364 g/mol. The summed E-state index contributed by atoms with van der Waals surface area (Å²) in [7, 11) is 0. The molecule has 0 aliphatic carbocycles. The van der Waals surface area contributed by atoms with E-state index in [1.54, 1.807) is 43.3 Å². The van der Waals surface area contributed by atoms with Gasteiger partial charge in [-0.2, -0.15) is 0 Å². The molecule has 138 valence electrons. The fourth-order valence-electron chi connectivity index (χ4n) is 2.86. The van der Waals surface area contributed by atoms with E-state index < -0.39 is 17.3 Å². The van der Waals surface area contributed by atoms with Gasteiger partial charge in [-0.15, -0.1) is 0 Å². The van der Waals surface area contributed by atoms with Gasteiger partial charge in [0.15, 0.2) is 5.69 Å². The summed E-state index contributed by atoms with van der Waals surface area (Å²) in [6, 6.07) is 12.1. The molecule has 27 heavy (non-hydrogen) atoms. The van der Waals surface area contributed by atoms with Crippen LogP contribution in [0.25, 0.3) is 11.0 Å². The summed E-state index contributed by atoms with van der Waals surface area (Å²) in [5.41, 5.74) is 2.49. The van der Waals surface area contributed by atoms with Crippen LogP contribution in [0.3, 0.4) is 0 Å². The van der Waals surface area contributed by atoms with Gasteiger partial charge in [0.05, 0.1) is 17.6 Å². The molecule has 0 amide bonds. The van der Waals surface area contributed by atoms with Crippen LogP contribution >= 0.6 is 0 Å². The molecule has 6 nitrogen and oxygen atoms in total. The van der Waals surface area contributed by atoms with E-state index in [0.29, 0.717) is 16.6 Å². The van der Waals surface area contributed by atoms with Crippen LogP contribution in [0.2, 0.25) is 0 Å². The third kappa shape index (κ3) is 3.65. The molecular formula is C21H20N2O4. The van der Waals surface area contributed by atoms with E-state index >= 15 is 0 Å². The topological polar surface area (TPSA) is 78.3 Å². The van der Waals surface area contributed by atoms with Gasteiger partial charge in [0.1, 0.15) is 6.54 Å². The number of ether oxygens (including phenoxy) is 1. The van der Waals surface area contributed by atoms with E-state index in [-0.39, 0.29) is 18.8 Å². The van der Waals surface area contributed by atoms with E-state index in [9.17, 15) is 14.4 Å². The smallest absolute Gasteiger partial charge is 0.326 e. The number of carbonyl (C=O) groups excluding carboxylic acids is 2. The highest BCUT2D eigenvalue weighted by Gasteiger charge is 2.21. The first-order valence-electron chi connectivity index (χ1n) is 8.69. The molecule has 0 radical (unpaired) electrons. The molecule has 3 aromatic rings. The first kappa shape index (κ1) is 18.5. The lowest BCUT2D eigenvalue weighted by molar-refractivity contribution is -0.143. The molecule has 0 saturated heterocycles. The largest absolute Gasteiger partial charge is 0.465 e. The maximum atomic E-state index is 13.0. The maximum Gasteiger partial charge on any atom is 0.326 e. The van der Waals surface area contributed by atoms with Gasteiger partial charge in [-0.05, 0) is 44.0 Å². The summed E-state index contributed by atoms with van der Waals surface area (Å²) >= 11 is 0. The molecule has 6 heteroatoms. The van der Waals surface area contributed by atoms with Crippen molar-refractivity contribution in [1.82, 2.24) is 9.55 Å². The van der Waals surface area contributed by atoms with Crippen LogP contribution in [0.5, 0.6) is 0 Å². The fourth-order valence-corrected chi connectivity index (χ4v) is 2.86. The zero-order valence-electron chi connectivity index (χ0n) is 15.5. The second-order valence-electron chi connectivity index (χ2n) is 6.28. The van der Waals surface area contributed by atoms with Crippen molar-refractivity contribution in [3.8, 4) is 0 Å².